The van der Waals surface area contributed by atoms with Crippen LogP contribution in [0.25, 0.3) is 22.6 Å². The van der Waals surface area contributed by atoms with E-state index in [2.05, 4.69) is 9.98 Å². The number of nitro groups is 1. The molecule has 0 aliphatic heterocycles. The van der Waals surface area contributed by atoms with Crippen LogP contribution in [0, 0.1) is 17.0 Å². The number of aromatic nitrogens is 1. The molecule has 0 saturated carbocycles. The summed E-state index contributed by atoms with van der Waals surface area (Å²) in [6, 6.07) is 14.7. The van der Waals surface area contributed by atoms with Gasteiger partial charge in [0.2, 0.25) is 5.89 Å². The molecular formula is C21H13ClN3O4-. The van der Waals surface area contributed by atoms with Crippen LogP contribution in [0.1, 0.15) is 11.1 Å². The van der Waals surface area contributed by atoms with E-state index in [1.54, 1.807) is 18.2 Å². The van der Waals surface area contributed by atoms with Crippen molar-refractivity contribution in [3.05, 3.63) is 80.9 Å². The van der Waals surface area contributed by atoms with Crippen LogP contribution in [0.15, 0.2) is 64.0 Å². The van der Waals surface area contributed by atoms with E-state index in [1.807, 2.05) is 25.1 Å². The predicted octanol–water partition coefficient (Wildman–Crippen LogP) is 5.19. The number of hydrogen-bond donors (Lipinski definition) is 0. The van der Waals surface area contributed by atoms with E-state index in [0.29, 0.717) is 27.7 Å². The molecule has 0 N–H and O–H groups in total. The highest BCUT2D eigenvalue weighted by molar-refractivity contribution is 6.33. The molecule has 0 spiro atoms. The normalized spacial score (nSPS) is 11.4. The van der Waals surface area contributed by atoms with Crippen LogP contribution in [0.5, 0.6) is 5.75 Å². The average molecular weight is 407 g/mol. The highest BCUT2D eigenvalue weighted by Gasteiger charge is 2.13. The fraction of sp³-hybridized carbons (Fsp3) is 0.0476. The lowest BCUT2D eigenvalue weighted by Crippen LogP contribution is -2.01. The van der Waals surface area contributed by atoms with Crippen molar-refractivity contribution in [1.29, 1.82) is 0 Å². The van der Waals surface area contributed by atoms with E-state index >= 15 is 0 Å². The number of para-hydroxylation sites is 1. The molecule has 3 aromatic carbocycles. The maximum Gasteiger partial charge on any atom is 0.262 e. The first-order valence-electron chi connectivity index (χ1n) is 8.58. The third kappa shape index (κ3) is 3.68. The van der Waals surface area contributed by atoms with E-state index in [1.165, 1.54) is 18.3 Å². The van der Waals surface area contributed by atoms with Gasteiger partial charge in [-0.25, -0.2) is 4.98 Å². The molecule has 0 radical (unpaired) electrons. The number of hydrogen-bond acceptors (Lipinski definition) is 6. The predicted molar refractivity (Wildman–Crippen MR) is 109 cm³/mol. The average Bonchev–Trinajstić information content (AvgIpc) is 3.10. The zero-order chi connectivity index (χ0) is 20.5. The van der Waals surface area contributed by atoms with E-state index in [4.69, 9.17) is 16.0 Å². The summed E-state index contributed by atoms with van der Waals surface area (Å²) in [6.45, 7) is 1.97. The Morgan fingerprint density at radius 3 is 2.79 bits per heavy atom. The van der Waals surface area contributed by atoms with E-state index in [0.717, 1.165) is 17.1 Å². The molecule has 4 aromatic rings. The maximum atomic E-state index is 12.1. The zero-order valence-electron chi connectivity index (χ0n) is 15.1. The number of rotatable bonds is 4. The largest absolute Gasteiger partial charge is 0.867 e. The first-order valence-corrected chi connectivity index (χ1v) is 8.96. The smallest absolute Gasteiger partial charge is 0.262 e. The minimum Gasteiger partial charge on any atom is -0.867 e. The number of nitro benzene ring substituents is 1. The molecule has 0 unspecified atom stereocenters. The molecule has 0 fully saturated rings. The molecule has 0 amide bonds. The number of oxazole rings is 1. The maximum absolute atomic E-state index is 12.1. The number of aryl methyl sites for hydroxylation is 1. The number of aliphatic imine (C=N–C) groups is 1. The van der Waals surface area contributed by atoms with Gasteiger partial charge in [-0.1, -0.05) is 29.8 Å². The second kappa shape index (κ2) is 7.37. The third-order valence-electron chi connectivity index (χ3n) is 4.30. The van der Waals surface area contributed by atoms with Gasteiger partial charge < -0.3 is 9.52 Å². The quantitative estimate of drug-likeness (QED) is 0.263. The van der Waals surface area contributed by atoms with Crippen molar-refractivity contribution in [1.82, 2.24) is 4.98 Å². The molecule has 29 heavy (non-hydrogen) atoms. The SMILES string of the molecule is Cc1ccc2oc(-c3cc(N=Cc4cccc([N+](=O)[O-])c4[O-])ccc3Cl)nc2c1. The van der Waals surface area contributed by atoms with E-state index < -0.39 is 16.4 Å². The van der Waals surface area contributed by atoms with Gasteiger partial charge in [0.05, 0.1) is 21.2 Å². The molecule has 0 aliphatic carbocycles. The van der Waals surface area contributed by atoms with Crippen molar-refractivity contribution < 1.29 is 14.4 Å². The summed E-state index contributed by atoms with van der Waals surface area (Å²) in [4.78, 5) is 18.9. The lowest BCUT2D eigenvalue weighted by Gasteiger charge is -2.09. The molecule has 0 bridgehead atoms. The van der Waals surface area contributed by atoms with Gasteiger partial charge in [-0.05, 0) is 54.1 Å². The topological polar surface area (TPSA) is 105 Å². The molecule has 8 heteroatoms. The lowest BCUT2D eigenvalue weighted by molar-refractivity contribution is -0.398. The highest BCUT2D eigenvalue weighted by atomic mass is 35.5. The van der Waals surface area contributed by atoms with Crippen LogP contribution in [0.4, 0.5) is 11.4 Å². The summed E-state index contributed by atoms with van der Waals surface area (Å²) < 4.78 is 5.80. The van der Waals surface area contributed by atoms with Crippen LogP contribution in [-0.2, 0) is 0 Å². The van der Waals surface area contributed by atoms with Gasteiger partial charge in [0.15, 0.2) is 5.58 Å². The standard InChI is InChI=1S/C21H14ClN3O4/c1-12-5-8-19-17(9-12)24-21(29-19)15-10-14(6-7-16(15)22)23-11-13-3-2-4-18(20(13)26)25(27)28/h2-11,26H,1H3/p-1. The van der Waals surface area contributed by atoms with Gasteiger partial charge in [0.25, 0.3) is 5.69 Å². The van der Waals surface area contributed by atoms with Crippen LogP contribution in [-0.4, -0.2) is 16.1 Å². The first kappa shape index (κ1) is 18.6. The molecule has 0 saturated heterocycles. The van der Waals surface area contributed by atoms with Crippen molar-refractivity contribution in [3.63, 3.8) is 0 Å². The molecule has 0 atom stereocenters. The zero-order valence-corrected chi connectivity index (χ0v) is 15.9. The highest BCUT2D eigenvalue weighted by Crippen LogP contribution is 2.33. The minimum absolute atomic E-state index is 0.119. The molecule has 0 aliphatic rings. The monoisotopic (exact) mass is 406 g/mol. The fourth-order valence-electron chi connectivity index (χ4n) is 2.84. The summed E-state index contributed by atoms with van der Waals surface area (Å²) in [5, 5.41) is 23.5. The summed E-state index contributed by atoms with van der Waals surface area (Å²) in [6.07, 6.45) is 1.29. The number of nitrogens with zero attached hydrogens (tertiary/aromatic N) is 3. The molecular weight excluding hydrogens is 394 g/mol. The third-order valence-corrected chi connectivity index (χ3v) is 4.63. The first-order chi connectivity index (χ1) is 13.9. The number of halogens is 1. The Kier molecular flexibility index (Phi) is 4.74. The molecule has 7 nitrogen and oxygen atoms in total. The summed E-state index contributed by atoms with van der Waals surface area (Å²) in [5.74, 6) is -0.336. The Hall–Kier alpha value is -3.71. The molecule has 1 heterocycles. The summed E-state index contributed by atoms with van der Waals surface area (Å²) in [7, 11) is 0. The van der Waals surface area contributed by atoms with E-state index in [-0.39, 0.29) is 5.56 Å². The minimum atomic E-state index is -0.713. The Balaban J connectivity index is 1.71. The lowest BCUT2D eigenvalue weighted by atomic mass is 10.1. The van der Waals surface area contributed by atoms with Gasteiger partial charge in [-0.2, -0.15) is 0 Å². The summed E-state index contributed by atoms with van der Waals surface area (Å²) >= 11 is 6.31. The van der Waals surface area contributed by atoms with Gasteiger partial charge in [-0.3, -0.25) is 15.1 Å². The fourth-order valence-corrected chi connectivity index (χ4v) is 3.04. The molecule has 144 valence electrons. The van der Waals surface area contributed by atoms with Crippen LogP contribution in [0.3, 0.4) is 0 Å². The van der Waals surface area contributed by atoms with E-state index in [9.17, 15) is 15.2 Å². The Morgan fingerprint density at radius 2 is 2.00 bits per heavy atom. The van der Waals surface area contributed by atoms with Crippen LogP contribution < -0.4 is 5.11 Å². The Morgan fingerprint density at radius 1 is 1.17 bits per heavy atom. The van der Waals surface area contributed by atoms with Gasteiger partial charge in [-0.15, -0.1) is 0 Å². The van der Waals surface area contributed by atoms with Crippen molar-refractivity contribution in [2.45, 2.75) is 6.92 Å². The van der Waals surface area contributed by atoms with Crippen molar-refractivity contribution >= 4 is 40.3 Å². The molecule has 4 rings (SSSR count). The number of fused-ring (bicyclic) bond motifs is 1. The van der Waals surface area contributed by atoms with Crippen molar-refractivity contribution in [2.75, 3.05) is 0 Å². The second-order valence-corrected chi connectivity index (χ2v) is 6.77. The number of benzene rings is 3. The van der Waals surface area contributed by atoms with Gasteiger partial charge >= 0.3 is 0 Å². The second-order valence-electron chi connectivity index (χ2n) is 6.37. The van der Waals surface area contributed by atoms with Crippen molar-refractivity contribution in [2.24, 2.45) is 4.99 Å². The van der Waals surface area contributed by atoms with Gasteiger partial charge in [0, 0.05) is 12.3 Å². The Bertz CT molecular complexity index is 1280. The Labute approximate surface area is 170 Å². The van der Waals surface area contributed by atoms with Crippen LogP contribution >= 0.6 is 11.6 Å². The molecule has 1 aromatic heterocycles. The van der Waals surface area contributed by atoms with Gasteiger partial charge in [0.1, 0.15) is 5.52 Å². The summed E-state index contributed by atoms with van der Waals surface area (Å²) in [5.41, 5.74) is 3.10. The van der Waals surface area contributed by atoms with Crippen LogP contribution in [0.2, 0.25) is 5.02 Å². The van der Waals surface area contributed by atoms with Crippen molar-refractivity contribution in [3.8, 4) is 17.2 Å².